The van der Waals surface area contributed by atoms with Crippen LogP contribution in [0.4, 0.5) is 8.78 Å². The van der Waals surface area contributed by atoms with E-state index in [9.17, 15) is 28.3 Å². The Morgan fingerprint density at radius 2 is 1.42 bits per heavy atom. The van der Waals surface area contributed by atoms with Crippen molar-refractivity contribution >= 4 is 17.8 Å². The zero-order valence-corrected chi connectivity index (χ0v) is 27.4. The average molecular weight is 667 g/mol. The third-order valence-electron chi connectivity index (χ3n) is 8.42. The summed E-state index contributed by atoms with van der Waals surface area (Å²) in [5.74, 6) is -2.47. The third-order valence-corrected chi connectivity index (χ3v) is 8.42. The number of benzene rings is 3. The van der Waals surface area contributed by atoms with E-state index in [1.165, 1.54) is 24.3 Å². The number of aryl methyl sites for hydroxylation is 1. The molecule has 0 atom stereocenters. The highest BCUT2D eigenvalue weighted by Gasteiger charge is 2.23. The molecule has 1 amide bonds. The van der Waals surface area contributed by atoms with Crippen molar-refractivity contribution < 1.29 is 42.9 Å². The van der Waals surface area contributed by atoms with Gasteiger partial charge in [0.2, 0.25) is 0 Å². The van der Waals surface area contributed by atoms with Gasteiger partial charge in [-0.25, -0.2) is 8.78 Å². The largest absolute Gasteiger partial charge is 0.494 e. The number of carboxylic acids is 2. The molecule has 1 fully saturated rings. The van der Waals surface area contributed by atoms with Crippen LogP contribution in [0, 0.1) is 11.6 Å². The van der Waals surface area contributed by atoms with Crippen molar-refractivity contribution in [2.45, 2.75) is 57.8 Å². The van der Waals surface area contributed by atoms with Crippen molar-refractivity contribution in [1.82, 2.24) is 9.80 Å². The lowest BCUT2D eigenvalue weighted by Gasteiger charge is -2.32. The van der Waals surface area contributed by atoms with Gasteiger partial charge >= 0.3 is 11.9 Å². The fraction of sp³-hybridized carbons (Fsp3) is 0.432. The van der Waals surface area contributed by atoms with Crippen LogP contribution in [-0.4, -0.2) is 84.3 Å². The molecule has 1 aliphatic heterocycles. The Labute approximate surface area is 280 Å². The quantitative estimate of drug-likeness (QED) is 0.149. The van der Waals surface area contributed by atoms with Crippen LogP contribution in [0.3, 0.4) is 0 Å². The number of carbonyl (C=O) groups is 3. The second-order valence-electron chi connectivity index (χ2n) is 12.1. The Hall–Kier alpha value is -4.51. The lowest BCUT2D eigenvalue weighted by molar-refractivity contribution is -0.138. The van der Waals surface area contributed by atoms with Gasteiger partial charge < -0.3 is 29.5 Å². The summed E-state index contributed by atoms with van der Waals surface area (Å²) >= 11 is 0. The molecule has 2 N–H and O–H groups in total. The summed E-state index contributed by atoms with van der Waals surface area (Å²) in [4.78, 5) is 39.4. The maximum absolute atomic E-state index is 14.7. The minimum atomic E-state index is -0.901. The number of carbonyl (C=O) groups excluding carboxylic acids is 1. The van der Waals surface area contributed by atoms with Crippen molar-refractivity contribution in [3.63, 3.8) is 0 Å². The monoisotopic (exact) mass is 666 g/mol. The zero-order valence-electron chi connectivity index (χ0n) is 27.4. The number of unbranched alkanes of at least 4 members (excludes halogenated alkanes) is 3. The highest BCUT2D eigenvalue weighted by atomic mass is 19.1. The molecule has 1 saturated heterocycles. The van der Waals surface area contributed by atoms with Gasteiger partial charge in [-0.1, -0.05) is 31.0 Å². The molecule has 1 heterocycles. The summed E-state index contributed by atoms with van der Waals surface area (Å²) in [5.41, 5.74) is 2.21. The molecular formula is C37H44F2N2O7. The summed E-state index contributed by atoms with van der Waals surface area (Å²) in [5, 5.41) is 18.1. The molecule has 9 nitrogen and oxygen atoms in total. The molecule has 0 saturated carbocycles. The number of carboxylic acid groups (broad SMARTS) is 2. The van der Waals surface area contributed by atoms with Gasteiger partial charge in [0.15, 0.2) is 0 Å². The summed E-state index contributed by atoms with van der Waals surface area (Å²) in [7, 11) is 2.00. The smallest absolute Gasteiger partial charge is 0.303 e. The van der Waals surface area contributed by atoms with Crippen molar-refractivity contribution in [3.8, 4) is 22.6 Å². The average Bonchev–Trinajstić information content (AvgIpc) is 3.05. The zero-order chi connectivity index (χ0) is 34.5. The Balaban J connectivity index is 1.34. The van der Waals surface area contributed by atoms with Crippen LogP contribution in [0.15, 0.2) is 54.6 Å². The van der Waals surface area contributed by atoms with E-state index >= 15 is 0 Å². The molecular weight excluding hydrogens is 622 g/mol. The Morgan fingerprint density at radius 3 is 2.12 bits per heavy atom. The minimum absolute atomic E-state index is 0.000671. The van der Waals surface area contributed by atoms with Crippen LogP contribution in [0.5, 0.6) is 11.5 Å². The van der Waals surface area contributed by atoms with Gasteiger partial charge in [-0.3, -0.25) is 14.4 Å². The number of hydrogen-bond donors (Lipinski definition) is 2. The second kappa shape index (κ2) is 18.1. The molecule has 0 unspecified atom stereocenters. The van der Waals surface area contributed by atoms with Crippen molar-refractivity contribution in [2.75, 3.05) is 46.4 Å². The third kappa shape index (κ3) is 10.8. The van der Waals surface area contributed by atoms with Gasteiger partial charge in [-0.15, -0.1) is 0 Å². The first-order chi connectivity index (χ1) is 23.1. The van der Waals surface area contributed by atoms with Crippen LogP contribution >= 0.6 is 0 Å². The van der Waals surface area contributed by atoms with Gasteiger partial charge in [-0.2, -0.15) is 0 Å². The summed E-state index contributed by atoms with van der Waals surface area (Å²) in [6, 6.07) is 14.0. The molecule has 0 radical (unpaired) electrons. The molecule has 3 aromatic carbocycles. The van der Waals surface area contributed by atoms with E-state index in [-0.39, 0.29) is 36.5 Å². The lowest BCUT2D eigenvalue weighted by Crippen LogP contribution is -2.47. The summed E-state index contributed by atoms with van der Waals surface area (Å²) in [6.07, 6.45) is 4.69. The second-order valence-corrected chi connectivity index (χ2v) is 12.1. The fourth-order valence-electron chi connectivity index (χ4n) is 5.78. The number of aliphatic carboxylic acids is 2. The van der Waals surface area contributed by atoms with E-state index in [4.69, 9.17) is 14.6 Å². The number of amides is 1. The molecule has 0 aliphatic carbocycles. The number of likely N-dealkylation sites (N-methyl/N-ethyl adjacent to an activating group) is 1. The van der Waals surface area contributed by atoms with Crippen molar-refractivity contribution in [3.05, 3.63) is 82.9 Å². The molecule has 0 aromatic heterocycles. The highest BCUT2D eigenvalue weighted by molar-refractivity contribution is 5.96. The number of ether oxygens (including phenoxy) is 2. The van der Waals surface area contributed by atoms with Crippen LogP contribution in [0.1, 0.15) is 66.4 Å². The Morgan fingerprint density at radius 1 is 0.750 bits per heavy atom. The summed E-state index contributed by atoms with van der Waals surface area (Å²) in [6.45, 7) is 3.21. The number of piperazine rings is 1. The SMILES string of the molecule is CN1CCN(C(=O)c2cc(OCCCCCCc3cccc(OCCCC(=O)O)c3CCC(=O)O)cc(-c3c(F)cccc3F)c2)CC1. The van der Waals surface area contributed by atoms with E-state index in [1.807, 2.05) is 19.2 Å². The van der Waals surface area contributed by atoms with E-state index in [2.05, 4.69) is 4.90 Å². The highest BCUT2D eigenvalue weighted by Crippen LogP contribution is 2.31. The maximum atomic E-state index is 14.7. The summed E-state index contributed by atoms with van der Waals surface area (Å²) < 4.78 is 41.3. The van der Waals surface area contributed by atoms with Crippen LogP contribution in [0.2, 0.25) is 0 Å². The first kappa shape index (κ1) is 36.3. The maximum Gasteiger partial charge on any atom is 0.303 e. The van der Waals surface area contributed by atoms with Gasteiger partial charge in [0, 0.05) is 44.6 Å². The number of nitrogens with zero attached hydrogens (tertiary/aromatic N) is 2. The normalized spacial score (nSPS) is 13.4. The van der Waals surface area contributed by atoms with Gasteiger partial charge in [0.25, 0.3) is 5.91 Å². The van der Waals surface area contributed by atoms with E-state index in [0.29, 0.717) is 49.6 Å². The minimum Gasteiger partial charge on any atom is -0.494 e. The molecule has 11 heteroatoms. The molecule has 0 spiro atoms. The standard InChI is InChI=1S/C37H44F2N2O7/c1-40-17-19-41(20-18-40)37(46)28-23-27(36-31(38)11-7-12-32(36)39)24-29(25-28)47-21-5-3-2-4-9-26-10-6-13-33(30(26)15-16-35(44)45)48-22-8-14-34(42)43/h6-7,10-13,23-25H,2-5,8-9,14-22H2,1H3,(H,42,43)(H,44,45). The topological polar surface area (TPSA) is 117 Å². The van der Waals surface area contributed by atoms with Gasteiger partial charge in [0.1, 0.15) is 23.1 Å². The van der Waals surface area contributed by atoms with Crippen molar-refractivity contribution in [2.24, 2.45) is 0 Å². The van der Waals surface area contributed by atoms with Crippen molar-refractivity contribution in [1.29, 1.82) is 0 Å². The molecule has 48 heavy (non-hydrogen) atoms. The Kier molecular flexibility index (Phi) is 13.7. The predicted octanol–water partition coefficient (Wildman–Crippen LogP) is 6.46. The predicted molar refractivity (Wildman–Crippen MR) is 178 cm³/mol. The number of hydrogen-bond acceptors (Lipinski definition) is 6. The fourth-order valence-corrected chi connectivity index (χ4v) is 5.78. The van der Waals surface area contributed by atoms with Gasteiger partial charge in [-0.05, 0) is 92.2 Å². The first-order valence-corrected chi connectivity index (χ1v) is 16.5. The molecule has 3 aromatic rings. The van der Waals surface area contributed by atoms with Gasteiger partial charge in [0.05, 0.1) is 18.8 Å². The molecule has 258 valence electrons. The number of rotatable bonds is 18. The van der Waals surface area contributed by atoms with E-state index in [0.717, 1.165) is 56.3 Å². The molecule has 4 rings (SSSR count). The molecule has 1 aliphatic rings. The Bertz CT molecular complexity index is 1540. The number of halogens is 2. The first-order valence-electron chi connectivity index (χ1n) is 16.5. The molecule has 0 bridgehead atoms. The van der Waals surface area contributed by atoms with E-state index in [1.54, 1.807) is 23.1 Å². The lowest BCUT2D eigenvalue weighted by atomic mass is 9.97. The van der Waals surface area contributed by atoms with Crippen LogP contribution in [-0.2, 0) is 22.4 Å². The van der Waals surface area contributed by atoms with E-state index < -0.39 is 23.6 Å². The van der Waals surface area contributed by atoms with Crippen LogP contribution < -0.4 is 9.47 Å². The van der Waals surface area contributed by atoms with Crippen LogP contribution in [0.25, 0.3) is 11.1 Å².